The van der Waals surface area contributed by atoms with Gasteiger partial charge in [-0.2, -0.15) is 5.10 Å². The van der Waals surface area contributed by atoms with E-state index in [9.17, 15) is 14.4 Å². The first kappa shape index (κ1) is 13.7. The van der Waals surface area contributed by atoms with E-state index in [0.717, 1.165) is 5.01 Å². The van der Waals surface area contributed by atoms with Gasteiger partial charge in [-0.05, 0) is 12.1 Å². The number of carboxylic acids is 1. The Morgan fingerprint density at radius 3 is 2.80 bits per heavy atom. The average molecular weight is 276 g/mol. The van der Waals surface area contributed by atoms with E-state index < -0.39 is 11.9 Å². The van der Waals surface area contributed by atoms with Gasteiger partial charge in [0.05, 0.1) is 5.69 Å². The van der Waals surface area contributed by atoms with Crippen molar-refractivity contribution < 1.29 is 19.5 Å². The molecule has 0 radical (unpaired) electrons. The number of carbonyl (C=O) groups is 3. The highest BCUT2D eigenvalue weighted by molar-refractivity contribution is 6.43. The van der Waals surface area contributed by atoms with E-state index in [-0.39, 0.29) is 35.8 Å². The first-order chi connectivity index (χ1) is 9.49. The molecular weight excluding hydrogens is 264 g/mol. The normalized spacial score (nSPS) is 14.8. The fourth-order valence-electron chi connectivity index (χ4n) is 1.70. The number of aromatic nitrogens is 1. The quantitative estimate of drug-likeness (QED) is 0.826. The number of nitrogens with one attached hydrogen (secondary N) is 1. The minimum absolute atomic E-state index is 0.0900. The van der Waals surface area contributed by atoms with Crippen molar-refractivity contribution in [1.29, 1.82) is 0 Å². The van der Waals surface area contributed by atoms with Gasteiger partial charge >= 0.3 is 5.97 Å². The second-order valence-electron chi connectivity index (χ2n) is 4.12. The number of carbonyl (C=O) groups excluding carboxylic acids is 2. The van der Waals surface area contributed by atoms with Crippen molar-refractivity contribution in [3.05, 3.63) is 24.0 Å². The molecule has 2 rings (SSSR count). The fourth-order valence-corrected chi connectivity index (χ4v) is 1.70. The molecule has 1 aromatic heterocycles. The molecule has 0 bridgehead atoms. The summed E-state index contributed by atoms with van der Waals surface area (Å²) in [5.41, 5.74) is 0.0150. The number of anilines is 1. The van der Waals surface area contributed by atoms with Crippen molar-refractivity contribution >= 4 is 29.2 Å². The number of aromatic carboxylic acids is 1. The number of pyridine rings is 1. The van der Waals surface area contributed by atoms with E-state index in [4.69, 9.17) is 5.11 Å². The molecule has 20 heavy (non-hydrogen) atoms. The average Bonchev–Trinajstić information content (AvgIpc) is 2.42. The minimum Gasteiger partial charge on any atom is -0.476 e. The van der Waals surface area contributed by atoms with E-state index in [0.29, 0.717) is 0 Å². The number of rotatable bonds is 3. The monoisotopic (exact) mass is 276 g/mol. The molecule has 0 atom stereocenters. The Balaban J connectivity index is 2.19. The molecule has 0 aromatic carbocycles. The third-order valence-corrected chi connectivity index (χ3v) is 2.73. The van der Waals surface area contributed by atoms with Crippen molar-refractivity contribution in [3.8, 4) is 0 Å². The number of hydrazone groups is 1. The largest absolute Gasteiger partial charge is 0.476 e. The molecule has 8 nitrogen and oxygen atoms in total. The predicted molar refractivity (Wildman–Crippen MR) is 69.3 cm³/mol. The van der Waals surface area contributed by atoms with Gasteiger partial charge < -0.3 is 10.4 Å². The lowest BCUT2D eigenvalue weighted by Crippen LogP contribution is -2.34. The van der Waals surface area contributed by atoms with Crippen molar-refractivity contribution in [2.45, 2.75) is 12.8 Å². The van der Waals surface area contributed by atoms with Crippen LogP contribution in [0.4, 0.5) is 5.69 Å². The standard InChI is InChI=1S/C12H12N4O4/c1-16-9(17)5-4-8(15-16)11(18)14-7-3-2-6-13-10(7)12(19)20/h2-3,6H,4-5H2,1H3,(H,14,18)(H,19,20). The molecule has 1 aromatic rings. The molecule has 1 aliphatic heterocycles. The zero-order chi connectivity index (χ0) is 14.7. The van der Waals surface area contributed by atoms with Crippen molar-refractivity contribution in [3.63, 3.8) is 0 Å². The van der Waals surface area contributed by atoms with Gasteiger partial charge in [-0.25, -0.2) is 14.8 Å². The van der Waals surface area contributed by atoms with Crippen molar-refractivity contribution in [1.82, 2.24) is 9.99 Å². The molecule has 0 saturated carbocycles. The number of carboxylic acid groups (broad SMARTS) is 1. The molecule has 2 heterocycles. The Labute approximate surface area is 114 Å². The fraction of sp³-hybridized carbons (Fsp3) is 0.250. The molecule has 104 valence electrons. The maximum absolute atomic E-state index is 12.0. The zero-order valence-electron chi connectivity index (χ0n) is 10.7. The summed E-state index contributed by atoms with van der Waals surface area (Å²) in [6.07, 6.45) is 1.74. The van der Waals surface area contributed by atoms with Crippen LogP contribution in [0.5, 0.6) is 0 Å². The Bertz CT molecular complexity index is 611. The SMILES string of the molecule is CN1N=C(C(=O)Nc2cccnc2C(=O)O)CCC1=O. The molecule has 0 aliphatic carbocycles. The van der Waals surface area contributed by atoms with Crippen LogP contribution in [0, 0.1) is 0 Å². The lowest BCUT2D eigenvalue weighted by atomic mass is 10.1. The van der Waals surface area contributed by atoms with Gasteiger partial charge in [0, 0.05) is 26.1 Å². The molecule has 0 spiro atoms. The number of hydrogen-bond donors (Lipinski definition) is 2. The highest BCUT2D eigenvalue weighted by atomic mass is 16.4. The highest BCUT2D eigenvalue weighted by Gasteiger charge is 2.23. The Hall–Kier alpha value is -2.77. The molecule has 2 N–H and O–H groups in total. The van der Waals surface area contributed by atoms with Crippen LogP contribution < -0.4 is 5.32 Å². The highest BCUT2D eigenvalue weighted by Crippen LogP contribution is 2.14. The van der Waals surface area contributed by atoms with E-state index in [1.807, 2.05) is 0 Å². The third-order valence-electron chi connectivity index (χ3n) is 2.73. The smallest absolute Gasteiger partial charge is 0.356 e. The van der Waals surface area contributed by atoms with Crippen LogP contribution in [0.15, 0.2) is 23.4 Å². The van der Waals surface area contributed by atoms with Crippen LogP contribution in [0.25, 0.3) is 0 Å². The second-order valence-corrected chi connectivity index (χ2v) is 4.12. The third kappa shape index (κ3) is 2.79. The maximum atomic E-state index is 12.0. The Kier molecular flexibility index (Phi) is 3.74. The minimum atomic E-state index is -1.24. The van der Waals surface area contributed by atoms with Crippen LogP contribution in [0.3, 0.4) is 0 Å². The van der Waals surface area contributed by atoms with E-state index >= 15 is 0 Å². The van der Waals surface area contributed by atoms with E-state index in [2.05, 4.69) is 15.4 Å². The summed E-state index contributed by atoms with van der Waals surface area (Å²) in [5, 5.41) is 16.4. The predicted octanol–water partition coefficient (Wildman–Crippen LogP) is 0.326. The van der Waals surface area contributed by atoms with E-state index in [1.165, 1.54) is 25.4 Å². The summed E-state index contributed by atoms with van der Waals surface area (Å²) in [6, 6.07) is 2.95. The maximum Gasteiger partial charge on any atom is 0.356 e. The molecule has 1 aliphatic rings. The van der Waals surface area contributed by atoms with E-state index in [1.54, 1.807) is 0 Å². The first-order valence-corrected chi connectivity index (χ1v) is 5.82. The van der Waals surface area contributed by atoms with Crippen molar-refractivity contribution in [2.75, 3.05) is 12.4 Å². The van der Waals surface area contributed by atoms with Gasteiger partial charge in [0.2, 0.25) is 5.91 Å². The lowest BCUT2D eigenvalue weighted by Gasteiger charge is -2.19. The second kappa shape index (κ2) is 5.47. The van der Waals surface area contributed by atoms with Crippen LogP contribution in [0.1, 0.15) is 23.3 Å². The first-order valence-electron chi connectivity index (χ1n) is 5.82. The molecular formula is C12H12N4O4. The number of amides is 2. The van der Waals surface area contributed by atoms with Gasteiger partial charge in [0.15, 0.2) is 5.69 Å². The van der Waals surface area contributed by atoms with Gasteiger partial charge in [0.25, 0.3) is 5.91 Å². The van der Waals surface area contributed by atoms with Crippen LogP contribution in [-0.4, -0.2) is 45.6 Å². The van der Waals surface area contributed by atoms with Gasteiger partial charge in [-0.3, -0.25) is 9.59 Å². The summed E-state index contributed by atoms with van der Waals surface area (Å²) >= 11 is 0. The Morgan fingerprint density at radius 2 is 2.15 bits per heavy atom. The molecule has 0 saturated heterocycles. The number of nitrogens with zero attached hydrogens (tertiary/aromatic N) is 3. The number of hydrogen-bond acceptors (Lipinski definition) is 5. The molecule has 0 unspecified atom stereocenters. The van der Waals surface area contributed by atoms with Crippen molar-refractivity contribution in [2.24, 2.45) is 5.10 Å². The van der Waals surface area contributed by atoms with Gasteiger partial charge in [-0.1, -0.05) is 0 Å². The molecule has 0 fully saturated rings. The van der Waals surface area contributed by atoms with Crippen LogP contribution in [-0.2, 0) is 9.59 Å². The summed E-state index contributed by atoms with van der Waals surface area (Å²) in [6.45, 7) is 0. The summed E-state index contributed by atoms with van der Waals surface area (Å²) in [4.78, 5) is 37.9. The van der Waals surface area contributed by atoms with Crippen LogP contribution >= 0.6 is 0 Å². The Morgan fingerprint density at radius 1 is 1.40 bits per heavy atom. The van der Waals surface area contributed by atoms with Gasteiger partial charge in [0.1, 0.15) is 5.71 Å². The summed E-state index contributed by atoms with van der Waals surface area (Å²) in [7, 11) is 1.46. The lowest BCUT2D eigenvalue weighted by molar-refractivity contribution is -0.130. The van der Waals surface area contributed by atoms with Crippen LogP contribution in [0.2, 0.25) is 0 Å². The molecule has 2 amide bonds. The zero-order valence-corrected chi connectivity index (χ0v) is 10.7. The molecule has 8 heteroatoms. The summed E-state index contributed by atoms with van der Waals surface area (Å²) in [5.74, 6) is -1.95. The topological polar surface area (TPSA) is 112 Å². The van der Waals surface area contributed by atoms with Gasteiger partial charge in [-0.15, -0.1) is 0 Å². The summed E-state index contributed by atoms with van der Waals surface area (Å²) < 4.78 is 0.